The third-order valence-electron chi connectivity index (χ3n) is 4.46. The lowest BCUT2D eigenvalue weighted by Gasteiger charge is -2.21. The third-order valence-corrected chi connectivity index (χ3v) is 7.21. The lowest BCUT2D eigenvalue weighted by atomic mass is 10.1. The standard InChI is InChI=1S/C21H22BrN3O2S2/c1-13(2)25(3)21(27)15-6-4-14(5-7-15)10-23-19(26)9-17-12-29-20(24-17)18-8-16(22)11-28-18/h4-8,11-13H,9-10H2,1-3H3,(H,23,26). The molecule has 0 aliphatic rings. The molecule has 3 aromatic rings. The van der Waals surface area contributed by atoms with Gasteiger partial charge in [-0.3, -0.25) is 9.59 Å². The molecule has 0 saturated carbocycles. The van der Waals surface area contributed by atoms with Crippen molar-refractivity contribution in [1.29, 1.82) is 0 Å². The van der Waals surface area contributed by atoms with Crippen LogP contribution in [0.2, 0.25) is 0 Å². The van der Waals surface area contributed by atoms with Crippen molar-refractivity contribution in [3.05, 3.63) is 62.4 Å². The fourth-order valence-corrected chi connectivity index (χ4v) is 4.88. The molecule has 2 amide bonds. The second-order valence-corrected chi connectivity index (χ2v) is 9.62. The van der Waals surface area contributed by atoms with Crippen molar-refractivity contribution in [3.8, 4) is 9.88 Å². The Morgan fingerprint density at radius 3 is 2.52 bits per heavy atom. The van der Waals surface area contributed by atoms with Crippen molar-refractivity contribution in [1.82, 2.24) is 15.2 Å². The van der Waals surface area contributed by atoms with Gasteiger partial charge in [-0.05, 0) is 53.5 Å². The number of aromatic nitrogens is 1. The van der Waals surface area contributed by atoms with E-state index in [0.29, 0.717) is 12.1 Å². The van der Waals surface area contributed by atoms with Crippen LogP contribution in [0.5, 0.6) is 0 Å². The first-order chi connectivity index (χ1) is 13.8. The van der Waals surface area contributed by atoms with Crippen LogP contribution in [-0.4, -0.2) is 34.8 Å². The lowest BCUT2D eigenvalue weighted by molar-refractivity contribution is -0.120. The minimum Gasteiger partial charge on any atom is -0.352 e. The summed E-state index contributed by atoms with van der Waals surface area (Å²) < 4.78 is 1.04. The summed E-state index contributed by atoms with van der Waals surface area (Å²) >= 11 is 6.61. The maximum atomic E-state index is 12.3. The largest absolute Gasteiger partial charge is 0.352 e. The first-order valence-corrected chi connectivity index (χ1v) is 11.7. The first kappa shape index (κ1) is 21.7. The van der Waals surface area contributed by atoms with Gasteiger partial charge >= 0.3 is 0 Å². The molecular formula is C21H22BrN3O2S2. The molecule has 152 valence electrons. The molecular weight excluding hydrogens is 470 g/mol. The van der Waals surface area contributed by atoms with Crippen molar-refractivity contribution in [2.75, 3.05) is 7.05 Å². The van der Waals surface area contributed by atoms with Crippen molar-refractivity contribution in [2.45, 2.75) is 32.9 Å². The number of thiophene rings is 1. The molecule has 2 aromatic heterocycles. The van der Waals surface area contributed by atoms with Gasteiger partial charge in [0.1, 0.15) is 5.01 Å². The molecule has 5 nitrogen and oxygen atoms in total. The zero-order chi connectivity index (χ0) is 21.0. The molecule has 8 heteroatoms. The Hall–Kier alpha value is -2.03. The fraction of sp³-hybridized carbons (Fsp3) is 0.286. The summed E-state index contributed by atoms with van der Waals surface area (Å²) in [6.07, 6.45) is 0.249. The van der Waals surface area contributed by atoms with Crippen LogP contribution >= 0.6 is 38.6 Å². The Labute approximate surface area is 186 Å². The summed E-state index contributed by atoms with van der Waals surface area (Å²) in [5.74, 6) is -0.0819. The van der Waals surface area contributed by atoms with E-state index in [1.165, 1.54) is 0 Å². The van der Waals surface area contributed by atoms with Gasteiger partial charge < -0.3 is 10.2 Å². The van der Waals surface area contributed by atoms with Crippen LogP contribution in [0.25, 0.3) is 9.88 Å². The number of hydrogen-bond donors (Lipinski definition) is 1. The molecule has 29 heavy (non-hydrogen) atoms. The zero-order valence-electron chi connectivity index (χ0n) is 16.4. The van der Waals surface area contributed by atoms with Crippen LogP contribution in [0, 0.1) is 0 Å². The maximum Gasteiger partial charge on any atom is 0.253 e. The van der Waals surface area contributed by atoms with Crippen molar-refractivity contribution in [3.63, 3.8) is 0 Å². The Kier molecular flexibility index (Phi) is 7.21. The predicted molar refractivity (Wildman–Crippen MR) is 122 cm³/mol. The SMILES string of the molecule is CC(C)N(C)C(=O)c1ccc(CNC(=O)Cc2csc(-c3cc(Br)cs3)n2)cc1. The van der Waals surface area contributed by atoms with Crippen molar-refractivity contribution in [2.24, 2.45) is 0 Å². The topological polar surface area (TPSA) is 62.3 Å². The van der Waals surface area contributed by atoms with Crippen LogP contribution in [-0.2, 0) is 17.8 Å². The molecule has 0 bridgehead atoms. The van der Waals surface area contributed by atoms with Gasteiger partial charge in [0.2, 0.25) is 5.91 Å². The summed E-state index contributed by atoms with van der Waals surface area (Å²) in [6.45, 7) is 4.38. The Balaban J connectivity index is 1.52. The van der Waals surface area contributed by atoms with Gasteiger partial charge in [-0.2, -0.15) is 0 Å². The molecule has 0 saturated heterocycles. The van der Waals surface area contributed by atoms with E-state index in [1.807, 2.05) is 42.8 Å². The average molecular weight is 492 g/mol. The van der Waals surface area contributed by atoms with Gasteiger partial charge in [0, 0.05) is 40.4 Å². The summed E-state index contributed by atoms with van der Waals surface area (Å²) in [6, 6.07) is 9.52. The minimum absolute atomic E-state index is 0.00677. The highest BCUT2D eigenvalue weighted by atomic mass is 79.9. The number of thiazole rings is 1. The Morgan fingerprint density at radius 1 is 1.17 bits per heavy atom. The van der Waals surface area contributed by atoms with Gasteiger partial charge in [-0.1, -0.05) is 12.1 Å². The summed E-state index contributed by atoms with van der Waals surface area (Å²) in [7, 11) is 1.79. The van der Waals surface area contributed by atoms with E-state index in [4.69, 9.17) is 0 Å². The number of halogens is 1. The van der Waals surface area contributed by atoms with Gasteiger partial charge in [0.15, 0.2) is 0 Å². The molecule has 0 unspecified atom stereocenters. The van der Waals surface area contributed by atoms with Crippen LogP contribution < -0.4 is 5.32 Å². The molecule has 0 radical (unpaired) electrons. The molecule has 0 aliphatic heterocycles. The van der Waals surface area contributed by atoms with E-state index in [-0.39, 0.29) is 24.3 Å². The van der Waals surface area contributed by atoms with E-state index in [2.05, 4.69) is 26.2 Å². The van der Waals surface area contributed by atoms with E-state index < -0.39 is 0 Å². The molecule has 0 fully saturated rings. The van der Waals surface area contributed by atoms with Gasteiger partial charge in [-0.25, -0.2) is 4.98 Å². The molecule has 0 aliphatic carbocycles. The summed E-state index contributed by atoms with van der Waals surface area (Å²) in [5, 5.41) is 7.78. The molecule has 1 N–H and O–H groups in total. The van der Waals surface area contributed by atoms with Crippen molar-refractivity contribution < 1.29 is 9.59 Å². The van der Waals surface area contributed by atoms with Gasteiger partial charge in [-0.15, -0.1) is 22.7 Å². The highest BCUT2D eigenvalue weighted by Gasteiger charge is 2.14. The Morgan fingerprint density at radius 2 is 1.90 bits per heavy atom. The second-order valence-electron chi connectivity index (χ2n) is 6.93. The summed E-state index contributed by atoms with van der Waals surface area (Å²) in [4.78, 5) is 31.9. The Bertz CT molecular complexity index is 996. The normalized spacial score (nSPS) is 10.9. The van der Waals surface area contributed by atoms with Crippen LogP contribution in [0.4, 0.5) is 0 Å². The van der Waals surface area contributed by atoms with Crippen molar-refractivity contribution >= 4 is 50.4 Å². The molecule has 2 heterocycles. The fourth-order valence-electron chi connectivity index (χ4n) is 2.56. The first-order valence-electron chi connectivity index (χ1n) is 9.15. The van der Waals surface area contributed by atoms with E-state index >= 15 is 0 Å². The van der Waals surface area contributed by atoms with E-state index in [0.717, 1.165) is 25.6 Å². The number of hydrogen-bond acceptors (Lipinski definition) is 5. The average Bonchev–Trinajstić information content (AvgIpc) is 3.34. The minimum atomic E-state index is -0.0751. The third kappa shape index (κ3) is 5.74. The van der Waals surface area contributed by atoms with E-state index in [9.17, 15) is 9.59 Å². The number of benzene rings is 1. The highest BCUT2D eigenvalue weighted by Crippen LogP contribution is 2.32. The van der Waals surface area contributed by atoms with Gasteiger partial charge in [0.05, 0.1) is 17.0 Å². The number of amides is 2. The number of rotatable bonds is 7. The van der Waals surface area contributed by atoms with Gasteiger partial charge in [0.25, 0.3) is 5.91 Å². The molecule has 0 spiro atoms. The van der Waals surface area contributed by atoms with Crippen LogP contribution in [0.15, 0.2) is 45.6 Å². The summed E-state index contributed by atoms with van der Waals surface area (Å²) in [5.41, 5.74) is 2.36. The monoisotopic (exact) mass is 491 g/mol. The van der Waals surface area contributed by atoms with Crippen LogP contribution in [0.3, 0.4) is 0 Å². The number of nitrogens with zero attached hydrogens (tertiary/aromatic N) is 2. The van der Waals surface area contributed by atoms with Crippen LogP contribution in [0.1, 0.15) is 35.5 Å². The molecule has 1 aromatic carbocycles. The molecule has 3 rings (SSSR count). The van der Waals surface area contributed by atoms with E-state index in [1.54, 1.807) is 46.8 Å². The lowest BCUT2D eigenvalue weighted by Crippen LogP contribution is -2.32. The maximum absolute atomic E-state index is 12.3. The molecule has 0 atom stereocenters. The number of carbonyl (C=O) groups is 2. The number of nitrogens with one attached hydrogen (secondary N) is 1. The predicted octanol–water partition coefficient (Wildman–Crippen LogP) is 4.97. The highest BCUT2D eigenvalue weighted by molar-refractivity contribution is 9.10. The quantitative estimate of drug-likeness (QED) is 0.507. The smallest absolute Gasteiger partial charge is 0.253 e. The zero-order valence-corrected chi connectivity index (χ0v) is 19.7. The second kappa shape index (κ2) is 9.65. The number of carbonyl (C=O) groups excluding carboxylic acids is 2.